The largest absolute Gasteiger partial charge is 0.325 e. The zero-order valence-electron chi connectivity index (χ0n) is 25.1. The van der Waals surface area contributed by atoms with E-state index >= 15 is 0 Å². The van der Waals surface area contributed by atoms with Crippen LogP contribution in [-0.2, 0) is 4.79 Å². The summed E-state index contributed by atoms with van der Waals surface area (Å²) in [6, 6.07) is 0.450. The van der Waals surface area contributed by atoms with Gasteiger partial charge >= 0.3 is 0 Å². The number of halogens is 1. The van der Waals surface area contributed by atoms with Crippen molar-refractivity contribution in [2.45, 2.75) is 117 Å². The highest BCUT2D eigenvalue weighted by Gasteiger charge is 2.64. The van der Waals surface area contributed by atoms with Gasteiger partial charge in [0.05, 0.1) is 12.2 Å². The number of nitrogens with zero attached hydrogens (tertiary/aromatic N) is 2. The lowest BCUT2D eigenvalue weighted by Crippen LogP contribution is -2.66. The van der Waals surface area contributed by atoms with E-state index in [1.165, 1.54) is 12.0 Å². The molecule has 3 aliphatic carbocycles. The first-order valence-corrected chi connectivity index (χ1v) is 15.8. The zero-order chi connectivity index (χ0) is 28.6. The third-order valence-corrected chi connectivity index (χ3v) is 12.4. The summed E-state index contributed by atoms with van der Waals surface area (Å²) in [6.45, 7) is 15.3. The van der Waals surface area contributed by atoms with Crippen LogP contribution in [0.25, 0.3) is 0 Å². The summed E-state index contributed by atoms with van der Waals surface area (Å²) < 4.78 is 15.0. The molecule has 4 fully saturated rings. The van der Waals surface area contributed by atoms with E-state index in [9.17, 15) is 9.28 Å². The van der Waals surface area contributed by atoms with E-state index in [1.54, 1.807) is 0 Å². The second-order valence-corrected chi connectivity index (χ2v) is 14.3. The Labute approximate surface area is 249 Å². The van der Waals surface area contributed by atoms with E-state index in [4.69, 9.17) is 18.0 Å². The molecule has 0 aromatic rings. The number of carbonyl (C=O) groups excluding carboxylic acids is 1. The highest BCUT2D eigenvalue weighted by atomic mass is 32.1. The third-order valence-electron chi connectivity index (χ3n) is 11.9. The Morgan fingerprint density at radius 1 is 1.25 bits per heavy atom. The van der Waals surface area contributed by atoms with Gasteiger partial charge in [-0.1, -0.05) is 59.0 Å². The van der Waals surface area contributed by atoms with Gasteiger partial charge in [0.1, 0.15) is 6.29 Å². The Kier molecular flexibility index (Phi) is 10.8. The Morgan fingerprint density at radius 2 is 1.98 bits per heavy atom. The molecule has 8 unspecified atom stereocenters. The van der Waals surface area contributed by atoms with Crippen LogP contribution in [0.4, 0.5) is 4.48 Å². The molecule has 1 heterocycles. The number of likely N-dealkylation sites (N-methyl/N-ethyl adjacent to an activating group) is 1. The Balaban J connectivity index is 0.00000441. The van der Waals surface area contributed by atoms with Gasteiger partial charge in [0.2, 0.25) is 0 Å². The van der Waals surface area contributed by atoms with E-state index in [1.807, 2.05) is 6.08 Å². The molecule has 0 radical (unpaired) electrons. The van der Waals surface area contributed by atoms with E-state index in [-0.39, 0.29) is 29.8 Å². The maximum atomic E-state index is 15.0. The van der Waals surface area contributed by atoms with Gasteiger partial charge in [-0.05, 0) is 106 Å². The number of rotatable bonds is 11. The van der Waals surface area contributed by atoms with Gasteiger partial charge in [0, 0.05) is 35.6 Å². The second-order valence-electron chi connectivity index (χ2n) is 13.8. The van der Waals surface area contributed by atoms with Gasteiger partial charge in [-0.3, -0.25) is 9.69 Å². The van der Waals surface area contributed by atoms with Gasteiger partial charge in [0.25, 0.3) is 0 Å². The molecule has 4 rings (SSSR count). The molecule has 5 nitrogen and oxygen atoms in total. The van der Waals surface area contributed by atoms with Crippen LogP contribution in [0.15, 0.2) is 23.9 Å². The van der Waals surface area contributed by atoms with E-state index in [2.05, 4.69) is 51.5 Å². The van der Waals surface area contributed by atoms with Crippen molar-refractivity contribution in [3.05, 3.63) is 23.9 Å². The minimum atomic E-state index is -0.196. The van der Waals surface area contributed by atoms with E-state index in [0.29, 0.717) is 49.0 Å². The predicted octanol–water partition coefficient (Wildman–Crippen LogP) is 6.63. The van der Waals surface area contributed by atoms with Crippen molar-refractivity contribution in [1.82, 2.24) is 15.3 Å². The standard InChI is InChI=1S/C32H53FN4OS.CH4/c1-7-15-30(4)24(14-20-38)10-17-32(34)28-9-8-25(31(28,5)16-11-29(30)32)23(3)36(6)21-22(2)37(33)19-13-26-27(39)12-18-35-26;/h14,20,23,25-26,28-29,35H,2,7-13,15-19,21,34H2,1,3-6H3;1H4/b24-14-;. The van der Waals surface area contributed by atoms with Crippen molar-refractivity contribution < 1.29 is 9.28 Å². The molecule has 0 bridgehead atoms. The van der Waals surface area contributed by atoms with Gasteiger partial charge in [-0.2, -0.15) is 0 Å². The maximum Gasteiger partial charge on any atom is 0.142 e. The zero-order valence-corrected chi connectivity index (χ0v) is 25.9. The molecule has 40 heavy (non-hydrogen) atoms. The summed E-state index contributed by atoms with van der Waals surface area (Å²) in [5, 5.41) is 4.19. The molecule has 3 N–H and O–H groups in total. The molecular weight excluding hydrogens is 519 g/mol. The van der Waals surface area contributed by atoms with Crippen molar-refractivity contribution in [2.24, 2.45) is 34.3 Å². The summed E-state index contributed by atoms with van der Waals surface area (Å²) in [5.41, 5.74) is 9.35. The average Bonchev–Trinajstić information content (AvgIpc) is 3.46. The fraction of sp³-hybridized carbons (Fsp3) is 0.818. The molecule has 0 aromatic carbocycles. The first kappa shape index (κ1) is 33.4. The van der Waals surface area contributed by atoms with Crippen molar-refractivity contribution in [3.63, 3.8) is 0 Å². The minimum Gasteiger partial charge on any atom is -0.325 e. The SMILES string of the molecule is C.C=C(CN(C)C(C)C1CCC2C1(C)CCC1C(C)(CCC)/C(=C\C=O)CCC12N)N(F)CCC1NCCC1=S. The van der Waals surface area contributed by atoms with Crippen molar-refractivity contribution in [1.29, 1.82) is 0 Å². The van der Waals surface area contributed by atoms with Crippen molar-refractivity contribution in [2.75, 3.05) is 26.7 Å². The number of fused-ring (bicyclic) bond motifs is 3. The molecule has 4 aliphatic rings. The fourth-order valence-electron chi connectivity index (χ4n) is 9.73. The highest BCUT2D eigenvalue weighted by molar-refractivity contribution is 7.80. The Bertz CT molecular complexity index is 972. The molecule has 228 valence electrons. The molecular formula is C33H57FN4OS. The van der Waals surface area contributed by atoms with Crippen LogP contribution in [0, 0.1) is 28.6 Å². The summed E-state index contributed by atoms with van der Waals surface area (Å²) >= 11 is 5.41. The molecule has 3 saturated carbocycles. The Hall–Kier alpha value is -1.15. The first-order chi connectivity index (χ1) is 18.4. The second kappa shape index (κ2) is 13.0. The van der Waals surface area contributed by atoms with Gasteiger partial charge in [-0.15, -0.1) is 4.48 Å². The number of carbonyl (C=O) groups is 1. The maximum absolute atomic E-state index is 15.0. The molecule has 0 aromatic heterocycles. The molecule has 8 atom stereocenters. The number of nitrogens with one attached hydrogen (secondary N) is 1. The lowest BCUT2D eigenvalue weighted by molar-refractivity contribution is -0.104. The summed E-state index contributed by atoms with van der Waals surface area (Å²) in [4.78, 5) is 14.8. The van der Waals surface area contributed by atoms with Crippen LogP contribution in [0.5, 0.6) is 0 Å². The Morgan fingerprint density at radius 3 is 2.60 bits per heavy atom. The predicted molar refractivity (Wildman–Crippen MR) is 170 cm³/mol. The van der Waals surface area contributed by atoms with E-state index < -0.39 is 0 Å². The monoisotopic (exact) mass is 576 g/mol. The fourth-order valence-corrected chi connectivity index (χ4v) is 10.0. The number of thiocarbonyl (C=S) groups is 1. The lowest BCUT2D eigenvalue weighted by Gasteiger charge is -2.63. The van der Waals surface area contributed by atoms with Crippen LogP contribution in [0.1, 0.15) is 99.3 Å². The number of hydrogen-bond acceptors (Lipinski definition) is 6. The first-order valence-electron chi connectivity index (χ1n) is 15.4. The molecule has 7 heteroatoms. The summed E-state index contributed by atoms with van der Waals surface area (Å²) in [6.07, 6.45) is 13.1. The van der Waals surface area contributed by atoms with Crippen LogP contribution in [0.2, 0.25) is 0 Å². The number of hydrogen-bond donors (Lipinski definition) is 2. The number of aldehydes is 1. The van der Waals surface area contributed by atoms with E-state index in [0.717, 1.165) is 74.2 Å². The number of nitrogens with two attached hydrogens (primary N) is 1. The van der Waals surface area contributed by atoms with Crippen LogP contribution in [0.3, 0.4) is 0 Å². The van der Waals surface area contributed by atoms with Gasteiger partial charge in [-0.25, -0.2) is 5.12 Å². The number of allylic oxidation sites excluding steroid dienone is 2. The molecule has 0 amide bonds. The average molecular weight is 577 g/mol. The normalized spacial score (nSPS) is 39.0. The quantitative estimate of drug-likeness (QED) is 0.125. The van der Waals surface area contributed by atoms with Gasteiger partial charge in [0.15, 0.2) is 0 Å². The van der Waals surface area contributed by atoms with Gasteiger partial charge < -0.3 is 11.1 Å². The van der Waals surface area contributed by atoms with Crippen molar-refractivity contribution in [3.8, 4) is 0 Å². The highest BCUT2D eigenvalue weighted by Crippen LogP contribution is 2.67. The van der Waals surface area contributed by atoms with Crippen LogP contribution in [-0.4, -0.2) is 65.5 Å². The van der Waals surface area contributed by atoms with Crippen LogP contribution >= 0.6 is 12.2 Å². The molecule has 1 saturated heterocycles. The molecule has 1 aliphatic heterocycles. The molecule has 0 spiro atoms. The van der Waals surface area contributed by atoms with Crippen LogP contribution < -0.4 is 11.1 Å². The smallest absolute Gasteiger partial charge is 0.142 e. The topological polar surface area (TPSA) is 61.6 Å². The lowest BCUT2D eigenvalue weighted by atomic mass is 9.44. The minimum absolute atomic E-state index is 0. The van der Waals surface area contributed by atoms with Crippen molar-refractivity contribution >= 4 is 23.4 Å². The third kappa shape index (κ3) is 5.87. The summed E-state index contributed by atoms with van der Waals surface area (Å²) in [5.74, 6) is 1.40. The summed E-state index contributed by atoms with van der Waals surface area (Å²) in [7, 11) is 2.12.